The molecule has 7 heteroatoms. The topological polar surface area (TPSA) is 64.4 Å². The minimum atomic E-state index is -0.583. The molecule has 0 unspecified atom stereocenters. The first-order chi connectivity index (χ1) is 15.2. The number of nitrogens with zero attached hydrogens (tertiary/aromatic N) is 3. The molecule has 5 rings (SSSR count). The molecule has 0 spiro atoms. The molecule has 0 atom stereocenters. The lowest BCUT2D eigenvalue weighted by Crippen LogP contribution is -2.33. The number of ether oxygens (including phenoxy) is 1. The predicted molar refractivity (Wildman–Crippen MR) is 120 cm³/mol. The molecule has 1 aliphatic heterocycles. The first-order valence-corrected chi connectivity index (χ1v) is 10.8. The van der Waals surface area contributed by atoms with Crippen LogP contribution in [0.25, 0.3) is 16.3 Å². The zero-order valence-electron chi connectivity index (χ0n) is 16.6. The molecule has 0 bridgehead atoms. The van der Waals surface area contributed by atoms with E-state index >= 15 is 0 Å². The van der Waals surface area contributed by atoms with Gasteiger partial charge >= 0.3 is 5.97 Å². The predicted octanol–water partition coefficient (Wildman–Crippen LogP) is 4.35. The fourth-order valence-electron chi connectivity index (χ4n) is 3.71. The number of thiophene rings is 1. The van der Waals surface area contributed by atoms with Crippen molar-refractivity contribution >= 4 is 28.9 Å². The van der Waals surface area contributed by atoms with Crippen LogP contribution in [0.4, 0.5) is 5.69 Å². The van der Waals surface area contributed by atoms with Crippen molar-refractivity contribution in [3.63, 3.8) is 0 Å². The monoisotopic (exact) mass is 429 g/mol. The molecule has 154 valence electrons. The van der Waals surface area contributed by atoms with E-state index in [1.54, 1.807) is 27.0 Å². The third-order valence-corrected chi connectivity index (χ3v) is 6.10. The highest BCUT2D eigenvalue weighted by atomic mass is 32.1. The number of para-hydroxylation sites is 2. The van der Waals surface area contributed by atoms with E-state index in [-0.39, 0.29) is 18.2 Å². The van der Waals surface area contributed by atoms with Crippen molar-refractivity contribution < 1.29 is 14.3 Å². The molecule has 2 aromatic heterocycles. The second kappa shape index (κ2) is 8.20. The Morgan fingerprint density at radius 2 is 1.81 bits per heavy atom. The van der Waals surface area contributed by atoms with Crippen molar-refractivity contribution in [2.24, 2.45) is 0 Å². The van der Waals surface area contributed by atoms with Gasteiger partial charge < -0.3 is 9.64 Å². The Morgan fingerprint density at radius 1 is 1.00 bits per heavy atom. The second-order valence-electron chi connectivity index (χ2n) is 7.14. The van der Waals surface area contributed by atoms with Crippen LogP contribution >= 0.6 is 11.3 Å². The molecule has 4 aromatic rings. The molecule has 6 nitrogen and oxygen atoms in total. The minimum absolute atomic E-state index is 0.234. The summed E-state index contributed by atoms with van der Waals surface area (Å²) in [6, 6.07) is 22.8. The quantitative estimate of drug-likeness (QED) is 0.443. The van der Waals surface area contributed by atoms with Gasteiger partial charge in [-0.15, -0.1) is 11.3 Å². The molecular weight excluding hydrogens is 410 g/mol. The van der Waals surface area contributed by atoms with E-state index in [9.17, 15) is 9.59 Å². The number of aromatic nitrogens is 2. The number of hydrogen-bond acceptors (Lipinski definition) is 5. The third kappa shape index (κ3) is 3.75. The van der Waals surface area contributed by atoms with Gasteiger partial charge in [0.15, 0.2) is 12.3 Å². The zero-order chi connectivity index (χ0) is 21.2. The van der Waals surface area contributed by atoms with Crippen molar-refractivity contribution in [2.45, 2.75) is 6.42 Å². The molecule has 2 aromatic carbocycles. The summed E-state index contributed by atoms with van der Waals surface area (Å²) in [5.74, 6) is -0.817. The summed E-state index contributed by atoms with van der Waals surface area (Å²) in [6.45, 7) is 0.279. The van der Waals surface area contributed by atoms with Crippen LogP contribution < -0.4 is 4.90 Å². The molecule has 31 heavy (non-hydrogen) atoms. The highest BCUT2D eigenvalue weighted by Crippen LogP contribution is 2.28. The van der Waals surface area contributed by atoms with E-state index in [0.717, 1.165) is 28.2 Å². The lowest BCUT2D eigenvalue weighted by atomic mass is 10.2. The van der Waals surface area contributed by atoms with Crippen molar-refractivity contribution in [1.82, 2.24) is 9.78 Å². The standard InChI is InChI=1S/C24H19N3O3S/c28-23(26-13-12-17-7-4-5-10-20(17)26)16-30-24(29)21-15-19(22-11-6-14-31-22)25-27(21)18-8-2-1-3-9-18/h1-11,14-15H,12-13,16H2. The van der Waals surface area contributed by atoms with Gasteiger partial charge in [0.05, 0.1) is 10.6 Å². The molecule has 1 amide bonds. The van der Waals surface area contributed by atoms with Gasteiger partial charge in [0.2, 0.25) is 0 Å². The van der Waals surface area contributed by atoms with Crippen LogP contribution in [0.2, 0.25) is 0 Å². The zero-order valence-corrected chi connectivity index (χ0v) is 17.4. The molecule has 0 fully saturated rings. The smallest absolute Gasteiger partial charge is 0.357 e. The summed E-state index contributed by atoms with van der Waals surface area (Å²) in [5, 5.41) is 6.57. The van der Waals surface area contributed by atoms with Crippen molar-refractivity contribution in [2.75, 3.05) is 18.1 Å². The molecular formula is C24H19N3O3S. The molecule has 1 aliphatic rings. The van der Waals surface area contributed by atoms with Crippen LogP contribution in [-0.2, 0) is 16.0 Å². The van der Waals surface area contributed by atoms with Crippen LogP contribution in [0.5, 0.6) is 0 Å². The SMILES string of the molecule is O=C(OCC(=O)N1CCc2ccccc21)c1cc(-c2cccs2)nn1-c1ccccc1. The van der Waals surface area contributed by atoms with E-state index in [1.807, 2.05) is 72.1 Å². The maximum Gasteiger partial charge on any atom is 0.357 e. The summed E-state index contributed by atoms with van der Waals surface area (Å²) >= 11 is 1.54. The summed E-state index contributed by atoms with van der Waals surface area (Å²) < 4.78 is 6.99. The number of amides is 1. The Labute approximate surface area is 183 Å². The average Bonchev–Trinajstić information content (AvgIpc) is 3.56. The van der Waals surface area contributed by atoms with Crippen LogP contribution in [0, 0.1) is 0 Å². The first kappa shape index (κ1) is 19.3. The van der Waals surface area contributed by atoms with Crippen LogP contribution in [-0.4, -0.2) is 34.8 Å². The minimum Gasteiger partial charge on any atom is -0.451 e. The maximum atomic E-state index is 12.9. The number of hydrogen-bond donors (Lipinski definition) is 0. The Morgan fingerprint density at radius 3 is 2.61 bits per heavy atom. The molecule has 0 saturated heterocycles. The Balaban J connectivity index is 1.37. The number of benzene rings is 2. The number of carbonyl (C=O) groups excluding carboxylic acids is 2. The van der Waals surface area contributed by atoms with Crippen molar-refractivity contribution in [3.8, 4) is 16.3 Å². The van der Waals surface area contributed by atoms with Gasteiger partial charge in [-0.3, -0.25) is 4.79 Å². The number of carbonyl (C=O) groups is 2. The largest absolute Gasteiger partial charge is 0.451 e. The summed E-state index contributed by atoms with van der Waals surface area (Å²) in [7, 11) is 0. The third-order valence-electron chi connectivity index (χ3n) is 5.21. The fourth-order valence-corrected chi connectivity index (χ4v) is 4.40. The van der Waals surface area contributed by atoms with Gasteiger partial charge in [-0.2, -0.15) is 5.10 Å². The summed E-state index contributed by atoms with van der Waals surface area (Å²) in [4.78, 5) is 28.3. The highest BCUT2D eigenvalue weighted by molar-refractivity contribution is 7.13. The van der Waals surface area contributed by atoms with Gasteiger partial charge in [-0.1, -0.05) is 42.5 Å². The van der Waals surface area contributed by atoms with Crippen LogP contribution in [0.1, 0.15) is 16.1 Å². The fraction of sp³-hybridized carbons (Fsp3) is 0.125. The summed E-state index contributed by atoms with van der Waals surface area (Å²) in [5.41, 5.74) is 3.73. The first-order valence-electron chi connectivity index (χ1n) is 9.95. The van der Waals surface area contributed by atoms with Gasteiger partial charge in [0.25, 0.3) is 5.91 Å². The Kier molecular flexibility index (Phi) is 5.09. The summed E-state index contributed by atoms with van der Waals surface area (Å²) in [6.07, 6.45) is 0.806. The highest BCUT2D eigenvalue weighted by Gasteiger charge is 2.26. The number of esters is 1. The lowest BCUT2D eigenvalue weighted by molar-refractivity contribution is -0.121. The Bertz CT molecular complexity index is 1230. The normalized spacial score (nSPS) is 12.6. The average molecular weight is 430 g/mol. The molecule has 0 saturated carbocycles. The molecule has 3 heterocycles. The maximum absolute atomic E-state index is 12.9. The van der Waals surface area contributed by atoms with Gasteiger partial charge in [0.1, 0.15) is 5.69 Å². The van der Waals surface area contributed by atoms with Gasteiger partial charge in [-0.05, 0) is 41.6 Å². The number of fused-ring (bicyclic) bond motifs is 1. The lowest BCUT2D eigenvalue weighted by Gasteiger charge is -2.17. The molecule has 0 aliphatic carbocycles. The van der Waals surface area contributed by atoms with E-state index in [1.165, 1.54) is 0 Å². The van der Waals surface area contributed by atoms with Crippen LogP contribution in [0.15, 0.2) is 78.2 Å². The number of anilines is 1. The van der Waals surface area contributed by atoms with Gasteiger partial charge in [-0.25, -0.2) is 9.48 Å². The van der Waals surface area contributed by atoms with E-state index in [0.29, 0.717) is 12.2 Å². The molecule has 0 radical (unpaired) electrons. The van der Waals surface area contributed by atoms with Crippen LogP contribution in [0.3, 0.4) is 0 Å². The van der Waals surface area contributed by atoms with Gasteiger partial charge in [0, 0.05) is 18.3 Å². The van der Waals surface area contributed by atoms with Crippen molar-refractivity contribution in [1.29, 1.82) is 0 Å². The van der Waals surface area contributed by atoms with E-state index in [2.05, 4.69) is 5.10 Å². The van der Waals surface area contributed by atoms with E-state index < -0.39 is 5.97 Å². The molecule has 0 N–H and O–H groups in total. The number of rotatable bonds is 5. The van der Waals surface area contributed by atoms with E-state index in [4.69, 9.17) is 4.74 Å². The second-order valence-corrected chi connectivity index (χ2v) is 8.09. The Hall–Kier alpha value is -3.71. The van der Waals surface area contributed by atoms with Crippen molar-refractivity contribution in [3.05, 3.63) is 89.4 Å².